The third kappa shape index (κ3) is 6.65. The van der Waals surface area contributed by atoms with Crippen molar-refractivity contribution in [3.8, 4) is 5.75 Å². The lowest BCUT2D eigenvalue weighted by Gasteiger charge is -2.16. The predicted octanol–water partition coefficient (Wildman–Crippen LogP) is 4.05. The summed E-state index contributed by atoms with van der Waals surface area (Å²) in [6.45, 7) is 5.98. The molecular formula is C20H23F3N2O4S. The van der Waals surface area contributed by atoms with Gasteiger partial charge in [-0.05, 0) is 55.3 Å². The Balaban J connectivity index is 2.07. The van der Waals surface area contributed by atoms with Gasteiger partial charge in [-0.3, -0.25) is 9.52 Å². The van der Waals surface area contributed by atoms with Crippen LogP contribution in [0.5, 0.6) is 5.75 Å². The zero-order valence-corrected chi connectivity index (χ0v) is 17.5. The average Bonchev–Trinajstić information content (AvgIpc) is 2.65. The van der Waals surface area contributed by atoms with Gasteiger partial charge >= 0.3 is 6.18 Å². The standard InChI is InChI=1S/C20H23F3N2O4S/c1-13(2)12-24-19(26)14(3)29-17-7-9-18(10-8-17)30(27,28)25-16-6-4-5-15(11-16)20(21,22)23/h4-11,13-14,25H,12H2,1-3H3,(H,24,26)/t14-/m1/s1. The van der Waals surface area contributed by atoms with Crippen LogP contribution in [-0.2, 0) is 21.0 Å². The Labute approximate surface area is 173 Å². The van der Waals surface area contributed by atoms with Gasteiger partial charge in [0, 0.05) is 12.2 Å². The highest BCUT2D eigenvalue weighted by atomic mass is 32.2. The van der Waals surface area contributed by atoms with Crippen molar-refractivity contribution in [3.63, 3.8) is 0 Å². The van der Waals surface area contributed by atoms with Gasteiger partial charge in [-0.15, -0.1) is 0 Å². The minimum Gasteiger partial charge on any atom is -0.481 e. The molecule has 0 radical (unpaired) electrons. The molecule has 1 amide bonds. The Kier molecular flexibility index (Phi) is 7.35. The van der Waals surface area contributed by atoms with Crippen LogP contribution in [0, 0.1) is 5.92 Å². The van der Waals surface area contributed by atoms with E-state index in [1.54, 1.807) is 6.92 Å². The molecule has 0 saturated heterocycles. The Morgan fingerprint density at radius 1 is 1.07 bits per heavy atom. The number of carbonyl (C=O) groups is 1. The van der Waals surface area contributed by atoms with Gasteiger partial charge in [0.1, 0.15) is 5.75 Å². The molecule has 1 atom stereocenters. The van der Waals surface area contributed by atoms with Gasteiger partial charge in [-0.25, -0.2) is 8.42 Å². The van der Waals surface area contributed by atoms with Crippen LogP contribution in [0.4, 0.5) is 18.9 Å². The molecule has 0 saturated carbocycles. The van der Waals surface area contributed by atoms with Gasteiger partial charge in [-0.2, -0.15) is 13.2 Å². The lowest BCUT2D eigenvalue weighted by molar-refractivity contribution is -0.137. The number of alkyl halides is 3. The Hall–Kier alpha value is -2.75. The van der Waals surface area contributed by atoms with Crippen LogP contribution < -0.4 is 14.8 Å². The van der Waals surface area contributed by atoms with Crippen molar-refractivity contribution in [1.29, 1.82) is 0 Å². The summed E-state index contributed by atoms with van der Waals surface area (Å²) in [4.78, 5) is 11.8. The first-order chi connectivity index (χ1) is 13.9. The fourth-order valence-electron chi connectivity index (χ4n) is 2.38. The van der Waals surface area contributed by atoms with Gasteiger partial charge in [0.25, 0.3) is 15.9 Å². The van der Waals surface area contributed by atoms with Gasteiger partial charge in [0.2, 0.25) is 0 Å². The quantitative estimate of drug-likeness (QED) is 0.644. The van der Waals surface area contributed by atoms with E-state index in [-0.39, 0.29) is 28.2 Å². The van der Waals surface area contributed by atoms with Gasteiger partial charge in [0.05, 0.1) is 10.5 Å². The fourth-order valence-corrected chi connectivity index (χ4v) is 3.43. The topological polar surface area (TPSA) is 84.5 Å². The molecule has 2 aromatic rings. The van der Waals surface area contributed by atoms with Crippen LogP contribution in [0.15, 0.2) is 53.4 Å². The maximum absolute atomic E-state index is 12.8. The van der Waals surface area contributed by atoms with Crippen LogP contribution in [0.25, 0.3) is 0 Å². The summed E-state index contributed by atoms with van der Waals surface area (Å²) >= 11 is 0. The van der Waals surface area contributed by atoms with Crippen molar-refractivity contribution in [2.75, 3.05) is 11.3 Å². The maximum Gasteiger partial charge on any atom is 0.416 e. The fraction of sp³-hybridized carbons (Fsp3) is 0.350. The molecule has 0 spiro atoms. The number of sulfonamides is 1. The number of hydrogen-bond donors (Lipinski definition) is 2. The molecular weight excluding hydrogens is 421 g/mol. The largest absolute Gasteiger partial charge is 0.481 e. The summed E-state index contributed by atoms with van der Waals surface area (Å²) in [7, 11) is -4.11. The van der Waals surface area contributed by atoms with Crippen molar-refractivity contribution in [2.45, 2.75) is 37.9 Å². The van der Waals surface area contributed by atoms with Crippen LogP contribution in [0.1, 0.15) is 26.3 Å². The van der Waals surface area contributed by atoms with Crippen molar-refractivity contribution in [1.82, 2.24) is 5.32 Å². The minimum absolute atomic E-state index is 0.163. The van der Waals surface area contributed by atoms with Gasteiger partial charge in [0.15, 0.2) is 6.10 Å². The third-order valence-corrected chi connectivity index (χ3v) is 5.34. The third-order valence-electron chi connectivity index (χ3n) is 3.94. The molecule has 0 aliphatic heterocycles. The summed E-state index contributed by atoms with van der Waals surface area (Å²) in [6.07, 6.45) is -5.37. The number of nitrogens with one attached hydrogen (secondary N) is 2. The Morgan fingerprint density at radius 3 is 2.27 bits per heavy atom. The predicted molar refractivity (Wildman–Crippen MR) is 107 cm³/mol. The number of ether oxygens (including phenoxy) is 1. The highest BCUT2D eigenvalue weighted by Crippen LogP contribution is 2.31. The second-order valence-electron chi connectivity index (χ2n) is 7.05. The number of hydrogen-bond acceptors (Lipinski definition) is 4. The molecule has 2 rings (SSSR count). The molecule has 2 N–H and O–H groups in total. The van der Waals surface area contributed by atoms with Crippen molar-refractivity contribution in [3.05, 3.63) is 54.1 Å². The first-order valence-corrected chi connectivity index (χ1v) is 10.6. The van der Waals surface area contributed by atoms with E-state index in [4.69, 9.17) is 4.74 Å². The molecule has 0 unspecified atom stereocenters. The molecule has 0 aromatic heterocycles. The molecule has 0 bridgehead atoms. The summed E-state index contributed by atoms with van der Waals surface area (Å²) in [5, 5.41) is 2.73. The second-order valence-corrected chi connectivity index (χ2v) is 8.74. The van der Waals surface area contributed by atoms with E-state index >= 15 is 0 Å². The zero-order valence-electron chi connectivity index (χ0n) is 16.7. The van der Waals surface area contributed by atoms with E-state index in [1.807, 2.05) is 13.8 Å². The minimum atomic E-state index is -4.58. The first-order valence-electron chi connectivity index (χ1n) is 9.13. The Morgan fingerprint density at radius 2 is 1.70 bits per heavy atom. The summed E-state index contributed by atoms with van der Waals surface area (Å²) in [5.74, 6) is 0.266. The SMILES string of the molecule is CC(C)CNC(=O)[C@@H](C)Oc1ccc(S(=O)(=O)Nc2cccc(C(F)(F)F)c2)cc1. The van der Waals surface area contributed by atoms with Crippen LogP contribution in [0.2, 0.25) is 0 Å². The van der Waals surface area contributed by atoms with E-state index < -0.39 is 27.9 Å². The van der Waals surface area contributed by atoms with Crippen molar-refractivity contribution >= 4 is 21.6 Å². The summed E-state index contributed by atoms with van der Waals surface area (Å²) in [6, 6.07) is 9.12. The molecule has 6 nitrogen and oxygen atoms in total. The normalized spacial score (nSPS) is 13.0. The highest BCUT2D eigenvalue weighted by molar-refractivity contribution is 7.92. The van der Waals surface area contributed by atoms with E-state index in [2.05, 4.69) is 10.0 Å². The molecule has 0 aliphatic carbocycles. The number of rotatable bonds is 8. The number of halogens is 3. The zero-order chi connectivity index (χ0) is 22.5. The van der Waals surface area contributed by atoms with E-state index in [0.717, 1.165) is 12.1 Å². The van der Waals surface area contributed by atoms with Crippen LogP contribution >= 0.6 is 0 Å². The molecule has 30 heavy (non-hydrogen) atoms. The van der Waals surface area contributed by atoms with Crippen molar-refractivity contribution in [2.24, 2.45) is 5.92 Å². The van der Waals surface area contributed by atoms with Gasteiger partial charge in [-0.1, -0.05) is 19.9 Å². The number of carbonyl (C=O) groups excluding carboxylic acids is 1. The molecule has 10 heteroatoms. The Bertz CT molecular complexity index is 974. The number of anilines is 1. The maximum atomic E-state index is 12.8. The molecule has 0 aliphatic rings. The highest BCUT2D eigenvalue weighted by Gasteiger charge is 2.30. The summed E-state index contributed by atoms with van der Waals surface area (Å²) in [5.41, 5.74) is -1.17. The lowest BCUT2D eigenvalue weighted by Crippen LogP contribution is -2.38. The van der Waals surface area contributed by atoms with Gasteiger partial charge < -0.3 is 10.1 Å². The first kappa shape index (κ1) is 23.5. The number of benzene rings is 2. The monoisotopic (exact) mass is 444 g/mol. The molecule has 0 fully saturated rings. The molecule has 0 heterocycles. The van der Waals surface area contributed by atoms with Crippen molar-refractivity contribution < 1.29 is 31.1 Å². The molecule has 164 valence electrons. The van der Waals surface area contributed by atoms with E-state index in [9.17, 15) is 26.4 Å². The lowest BCUT2D eigenvalue weighted by atomic mass is 10.2. The van der Waals surface area contributed by atoms with E-state index in [0.29, 0.717) is 12.6 Å². The summed E-state index contributed by atoms with van der Waals surface area (Å²) < 4.78 is 70.9. The smallest absolute Gasteiger partial charge is 0.416 e. The second kappa shape index (κ2) is 9.38. The van der Waals surface area contributed by atoms with E-state index in [1.165, 1.54) is 30.3 Å². The average molecular weight is 444 g/mol. The molecule has 2 aromatic carbocycles. The number of amides is 1. The van der Waals surface area contributed by atoms with Crippen LogP contribution in [-0.4, -0.2) is 27.0 Å². The van der Waals surface area contributed by atoms with Crippen LogP contribution in [0.3, 0.4) is 0 Å².